The van der Waals surface area contributed by atoms with Gasteiger partial charge in [-0.15, -0.1) is 0 Å². The Labute approximate surface area is 53.7 Å². The van der Waals surface area contributed by atoms with Crippen LogP contribution in [0.25, 0.3) is 0 Å². The van der Waals surface area contributed by atoms with Crippen molar-refractivity contribution < 1.29 is 4.74 Å². The molecule has 0 aromatic carbocycles. The van der Waals surface area contributed by atoms with Crippen LogP contribution < -0.4 is 4.74 Å². The van der Waals surface area contributed by atoms with E-state index < -0.39 is 0 Å². The number of nitrogens with zero attached hydrogens (tertiary/aromatic N) is 2. The Morgan fingerprint density at radius 3 is 2.56 bits per heavy atom. The van der Waals surface area contributed by atoms with Crippen LogP contribution in [0.4, 0.5) is 0 Å². The minimum atomic E-state index is 0.556. The van der Waals surface area contributed by atoms with Crippen molar-refractivity contribution in [1.82, 2.24) is 9.97 Å². The van der Waals surface area contributed by atoms with E-state index in [0.29, 0.717) is 5.88 Å². The third-order valence-corrected chi connectivity index (χ3v) is 0.966. The molecule has 0 aliphatic heterocycles. The molecule has 1 aromatic heterocycles. The predicted molar refractivity (Wildman–Crippen MR) is 33.3 cm³/mol. The molecule has 0 radical (unpaired) electrons. The van der Waals surface area contributed by atoms with E-state index in [1.165, 1.54) is 0 Å². The van der Waals surface area contributed by atoms with Crippen molar-refractivity contribution in [2.75, 3.05) is 7.11 Å². The number of ether oxygens (including phenoxy) is 1. The van der Waals surface area contributed by atoms with Gasteiger partial charge in [0.25, 0.3) is 0 Å². The van der Waals surface area contributed by atoms with Crippen molar-refractivity contribution in [3.05, 3.63) is 18.1 Å². The molecule has 0 bridgehead atoms. The normalized spacial score (nSPS) is 9.11. The molecule has 0 unspecified atom stereocenters. The average Bonchev–Trinajstić information content (AvgIpc) is 1.90. The summed E-state index contributed by atoms with van der Waals surface area (Å²) in [5.74, 6) is 0.556. The minimum Gasteiger partial charge on any atom is -0.480 e. The SMILES string of the molecule is COc1cnc(C)cn1. The smallest absolute Gasteiger partial charge is 0.231 e. The molecular formula is C6H8N2O. The van der Waals surface area contributed by atoms with Gasteiger partial charge in [-0.05, 0) is 6.92 Å². The quantitative estimate of drug-likeness (QED) is 0.555. The summed E-state index contributed by atoms with van der Waals surface area (Å²) in [6.45, 7) is 1.88. The lowest BCUT2D eigenvalue weighted by molar-refractivity contribution is 0.395. The standard InChI is InChI=1S/C6H8N2O/c1-5-3-8-6(9-2)4-7-5/h3-4H,1-2H3. The van der Waals surface area contributed by atoms with Crippen LogP contribution in [-0.2, 0) is 0 Å². The van der Waals surface area contributed by atoms with Crippen LogP contribution in [-0.4, -0.2) is 17.1 Å². The van der Waals surface area contributed by atoms with Gasteiger partial charge in [0, 0.05) is 0 Å². The van der Waals surface area contributed by atoms with Gasteiger partial charge in [0.15, 0.2) is 0 Å². The van der Waals surface area contributed by atoms with Gasteiger partial charge in [-0.3, -0.25) is 4.98 Å². The van der Waals surface area contributed by atoms with Gasteiger partial charge in [-0.2, -0.15) is 0 Å². The van der Waals surface area contributed by atoms with E-state index in [0.717, 1.165) is 5.69 Å². The fraction of sp³-hybridized carbons (Fsp3) is 0.333. The minimum absolute atomic E-state index is 0.556. The van der Waals surface area contributed by atoms with Crippen LogP contribution in [0.3, 0.4) is 0 Å². The molecule has 0 amide bonds. The highest BCUT2D eigenvalue weighted by molar-refractivity contribution is 5.05. The third kappa shape index (κ3) is 1.38. The summed E-state index contributed by atoms with van der Waals surface area (Å²) in [5, 5.41) is 0. The van der Waals surface area contributed by atoms with Gasteiger partial charge in [0.1, 0.15) is 0 Å². The number of hydrogen-bond acceptors (Lipinski definition) is 3. The van der Waals surface area contributed by atoms with Gasteiger partial charge in [0.2, 0.25) is 5.88 Å². The second kappa shape index (κ2) is 2.44. The van der Waals surface area contributed by atoms with Crippen molar-refractivity contribution >= 4 is 0 Å². The van der Waals surface area contributed by atoms with Crippen LogP contribution in [0, 0.1) is 6.92 Å². The van der Waals surface area contributed by atoms with Crippen molar-refractivity contribution in [3.8, 4) is 5.88 Å². The van der Waals surface area contributed by atoms with Crippen molar-refractivity contribution in [1.29, 1.82) is 0 Å². The Kier molecular flexibility index (Phi) is 1.63. The molecule has 0 atom stereocenters. The van der Waals surface area contributed by atoms with Crippen LogP contribution in [0.1, 0.15) is 5.69 Å². The Morgan fingerprint density at radius 2 is 2.11 bits per heavy atom. The van der Waals surface area contributed by atoms with E-state index in [-0.39, 0.29) is 0 Å². The zero-order valence-electron chi connectivity index (χ0n) is 5.46. The Morgan fingerprint density at radius 1 is 1.33 bits per heavy atom. The largest absolute Gasteiger partial charge is 0.480 e. The maximum absolute atomic E-state index is 4.80. The highest BCUT2D eigenvalue weighted by Crippen LogP contribution is 2.00. The van der Waals surface area contributed by atoms with Gasteiger partial charge in [0.05, 0.1) is 25.2 Å². The molecule has 0 spiro atoms. The zero-order chi connectivity index (χ0) is 6.69. The number of aromatic nitrogens is 2. The molecule has 1 rings (SSSR count). The average molecular weight is 124 g/mol. The number of methoxy groups -OCH3 is 1. The molecule has 0 aliphatic carbocycles. The van der Waals surface area contributed by atoms with E-state index in [2.05, 4.69) is 9.97 Å². The van der Waals surface area contributed by atoms with E-state index in [4.69, 9.17) is 4.74 Å². The van der Waals surface area contributed by atoms with E-state index in [1.54, 1.807) is 19.5 Å². The lowest BCUT2D eigenvalue weighted by Crippen LogP contribution is -1.88. The Bertz CT molecular complexity index is 183. The predicted octanol–water partition coefficient (Wildman–Crippen LogP) is 0.794. The molecule has 3 heteroatoms. The second-order valence-electron chi connectivity index (χ2n) is 1.70. The Hall–Kier alpha value is -1.12. The summed E-state index contributed by atoms with van der Waals surface area (Å²) in [7, 11) is 1.57. The second-order valence-corrected chi connectivity index (χ2v) is 1.70. The third-order valence-electron chi connectivity index (χ3n) is 0.966. The number of hydrogen-bond donors (Lipinski definition) is 0. The number of rotatable bonds is 1. The summed E-state index contributed by atoms with van der Waals surface area (Å²) in [6, 6.07) is 0. The molecule has 1 aromatic rings. The summed E-state index contributed by atoms with van der Waals surface area (Å²) in [5.41, 5.74) is 0.899. The van der Waals surface area contributed by atoms with Crippen LogP contribution in [0.5, 0.6) is 5.88 Å². The first-order valence-corrected chi connectivity index (χ1v) is 2.65. The fourth-order valence-corrected chi connectivity index (χ4v) is 0.486. The molecule has 0 aliphatic rings. The van der Waals surface area contributed by atoms with Crippen LogP contribution in [0.15, 0.2) is 12.4 Å². The molecule has 48 valence electrons. The van der Waals surface area contributed by atoms with Crippen LogP contribution >= 0.6 is 0 Å². The topological polar surface area (TPSA) is 35.0 Å². The zero-order valence-corrected chi connectivity index (χ0v) is 5.46. The van der Waals surface area contributed by atoms with Crippen molar-refractivity contribution in [2.45, 2.75) is 6.92 Å². The molecule has 9 heavy (non-hydrogen) atoms. The van der Waals surface area contributed by atoms with Gasteiger partial charge in [-0.25, -0.2) is 4.98 Å². The van der Waals surface area contributed by atoms with E-state index >= 15 is 0 Å². The summed E-state index contributed by atoms with van der Waals surface area (Å²) >= 11 is 0. The number of aryl methyl sites for hydroxylation is 1. The monoisotopic (exact) mass is 124 g/mol. The van der Waals surface area contributed by atoms with E-state index in [9.17, 15) is 0 Å². The van der Waals surface area contributed by atoms with Gasteiger partial charge in [-0.1, -0.05) is 0 Å². The van der Waals surface area contributed by atoms with Gasteiger partial charge < -0.3 is 4.74 Å². The summed E-state index contributed by atoms with van der Waals surface area (Å²) < 4.78 is 4.80. The molecule has 1 heterocycles. The van der Waals surface area contributed by atoms with E-state index in [1.807, 2.05) is 6.92 Å². The molecule has 0 fully saturated rings. The Balaban J connectivity index is 2.88. The molecule has 3 nitrogen and oxygen atoms in total. The van der Waals surface area contributed by atoms with Gasteiger partial charge >= 0.3 is 0 Å². The first-order valence-electron chi connectivity index (χ1n) is 2.65. The van der Waals surface area contributed by atoms with Crippen molar-refractivity contribution in [2.24, 2.45) is 0 Å². The molecule has 0 saturated carbocycles. The van der Waals surface area contributed by atoms with Crippen molar-refractivity contribution in [3.63, 3.8) is 0 Å². The molecular weight excluding hydrogens is 116 g/mol. The lowest BCUT2D eigenvalue weighted by Gasteiger charge is -1.94. The van der Waals surface area contributed by atoms with Crippen LogP contribution in [0.2, 0.25) is 0 Å². The lowest BCUT2D eigenvalue weighted by atomic mass is 10.5. The highest BCUT2D eigenvalue weighted by Gasteiger charge is 1.88. The fourth-order valence-electron chi connectivity index (χ4n) is 0.486. The maximum atomic E-state index is 4.80. The first-order chi connectivity index (χ1) is 4.33. The summed E-state index contributed by atoms with van der Waals surface area (Å²) in [6.07, 6.45) is 3.26. The first kappa shape index (κ1) is 6.01. The highest BCUT2D eigenvalue weighted by atomic mass is 16.5. The maximum Gasteiger partial charge on any atom is 0.231 e. The molecule has 0 N–H and O–H groups in total. The summed E-state index contributed by atoms with van der Waals surface area (Å²) in [4.78, 5) is 7.87. The molecule has 0 saturated heterocycles.